The van der Waals surface area contributed by atoms with Crippen LogP contribution in [0.25, 0.3) is 0 Å². The molecule has 0 heterocycles. The molecule has 1 fully saturated rings. The minimum Gasteiger partial charge on any atom is -0.445 e. The summed E-state index contributed by atoms with van der Waals surface area (Å²) in [5, 5.41) is 3.27. The number of rotatable bonds is 7. The molecule has 2 aromatic carbocycles. The molecule has 1 N–H and O–H groups in total. The fourth-order valence-electron chi connectivity index (χ4n) is 6.03. The molecular weight excluding hydrogens is 452 g/mol. The zero-order valence-corrected chi connectivity index (χ0v) is 21.9. The van der Waals surface area contributed by atoms with E-state index < -0.39 is 0 Å². The summed E-state index contributed by atoms with van der Waals surface area (Å²) in [5.41, 5.74) is 3.18. The van der Waals surface area contributed by atoms with Crippen LogP contribution in [0.5, 0.6) is 5.75 Å². The summed E-state index contributed by atoms with van der Waals surface area (Å²) in [7, 11) is 0. The summed E-state index contributed by atoms with van der Waals surface area (Å²) in [6.07, 6.45) is 6.63. The van der Waals surface area contributed by atoms with E-state index >= 15 is 0 Å². The lowest BCUT2D eigenvalue weighted by atomic mass is 9.59. The van der Waals surface area contributed by atoms with Crippen LogP contribution in [0, 0.1) is 5.92 Å². The second-order valence-electron chi connectivity index (χ2n) is 10.4. The van der Waals surface area contributed by atoms with Gasteiger partial charge in [-0.3, -0.25) is 0 Å². The van der Waals surface area contributed by atoms with E-state index in [1.54, 1.807) is 4.90 Å². The molecule has 2 amide bonds. The quantitative estimate of drug-likeness (QED) is 0.472. The maximum atomic E-state index is 12.9. The molecule has 36 heavy (non-hydrogen) atoms. The number of nitrogens with one attached hydrogen (secondary N) is 1. The molecule has 2 aliphatic carbocycles. The van der Waals surface area contributed by atoms with E-state index in [1.165, 1.54) is 24.0 Å². The molecule has 0 aliphatic heterocycles. The summed E-state index contributed by atoms with van der Waals surface area (Å²) in [6.45, 7) is 7.83. The highest BCUT2D eigenvalue weighted by Crippen LogP contribution is 2.47. The van der Waals surface area contributed by atoms with Gasteiger partial charge in [0, 0.05) is 24.5 Å². The number of ether oxygens (including phenoxy) is 2. The summed E-state index contributed by atoms with van der Waals surface area (Å²) >= 11 is 0. The molecule has 0 aromatic heterocycles. The molecule has 2 aliphatic rings. The number of carbonyl (C=O) groups excluding carboxylic acids is 2. The molecule has 4 rings (SSSR count). The number of alkyl carbamates (subject to hydrolysis) is 1. The van der Waals surface area contributed by atoms with Crippen molar-refractivity contribution in [1.29, 1.82) is 0 Å². The third-order valence-corrected chi connectivity index (χ3v) is 7.93. The van der Waals surface area contributed by atoms with E-state index in [4.69, 9.17) is 9.47 Å². The SMILES string of the molecule is CCCN(CC)C(=O)Oc1ccc2c(c1)[C@@]1(C)CCCCC[C@@H](C2)[C@@H]1NC(=O)OCc1ccccc1. The van der Waals surface area contributed by atoms with Gasteiger partial charge in [-0.25, -0.2) is 9.59 Å². The standard InChI is InChI=1S/C30H40N2O4/c1-4-18-32(5-2)29(34)36-25-16-15-23-19-24-14-10-7-11-17-30(3,26(23)20-25)27(24)31-28(33)35-21-22-12-8-6-9-13-22/h6,8-9,12-13,15-16,20,24,27H,4-5,7,10-11,14,17-19,21H2,1-3H3,(H,31,33)/t24-,27-,30+/m0/s1. The van der Waals surface area contributed by atoms with Gasteiger partial charge in [-0.15, -0.1) is 0 Å². The minimum absolute atomic E-state index is 0.0354. The number of benzene rings is 2. The lowest BCUT2D eigenvalue weighted by Crippen LogP contribution is -2.57. The largest absolute Gasteiger partial charge is 0.445 e. The molecule has 0 radical (unpaired) electrons. The molecule has 6 nitrogen and oxygen atoms in total. The summed E-state index contributed by atoms with van der Waals surface area (Å²) in [5.74, 6) is 0.918. The molecule has 3 atom stereocenters. The van der Waals surface area contributed by atoms with Gasteiger partial charge in [-0.05, 0) is 67.3 Å². The van der Waals surface area contributed by atoms with Gasteiger partial charge < -0.3 is 19.7 Å². The highest BCUT2D eigenvalue weighted by Gasteiger charge is 2.47. The highest BCUT2D eigenvalue weighted by molar-refractivity contribution is 5.71. The third kappa shape index (κ3) is 5.85. The lowest BCUT2D eigenvalue weighted by Gasteiger charge is -2.49. The molecule has 0 saturated heterocycles. The number of amides is 2. The van der Waals surface area contributed by atoms with E-state index in [0.717, 1.165) is 37.7 Å². The Morgan fingerprint density at radius 3 is 2.64 bits per heavy atom. The first-order valence-electron chi connectivity index (χ1n) is 13.5. The number of nitrogens with zero attached hydrogens (tertiary/aromatic N) is 1. The van der Waals surface area contributed by atoms with Crippen LogP contribution in [0.4, 0.5) is 9.59 Å². The molecule has 194 valence electrons. The first-order chi connectivity index (χ1) is 17.4. The van der Waals surface area contributed by atoms with Crippen LogP contribution in [-0.4, -0.2) is 36.2 Å². The minimum atomic E-state index is -0.371. The van der Waals surface area contributed by atoms with Crippen LogP contribution in [0.2, 0.25) is 0 Å². The fraction of sp³-hybridized carbons (Fsp3) is 0.533. The van der Waals surface area contributed by atoms with Crippen molar-refractivity contribution in [2.75, 3.05) is 13.1 Å². The van der Waals surface area contributed by atoms with Gasteiger partial charge in [0.05, 0.1) is 0 Å². The van der Waals surface area contributed by atoms with Crippen molar-refractivity contribution in [2.24, 2.45) is 5.92 Å². The Kier molecular flexibility index (Phi) is 8.55. The second-order valence-corrected chi connectivity index (χ2v) is 10.4. The van der Waals surface area contributed by atoms with Crippen LogP contribution in [0.3, 0.4) is 0 Å². The summed E-state index contributed by atoms with van der Waals surface area (Å²) in [6, 6.07) is 15.8. The van der Waals surface area contributed by atoms with Crippen molar-refractivity contribution in [2.45, 2.75) is 83.8 Å². The van der Waals surface area contributed by atoms with Gasteiger partial charge in [-0.2, -0.15) is 0 Å². The number of fused-ring (bicyclic) bond motifs is 4. The first kappa shape index (κ1) is 26.1. The van der Waals surface area contributed by atoms with Crippen LogP contribution >= 0.6 is 0 Å². The Hall–Kier alpha value is -3.02. The smallest absolute Gasteiger partial charge is 0.415 e. The van der Waals surface area contributed by atoms with E-state index in [1.807, 2.05) is 49.4 Å². The van der Waals surface area contributed by atoms with Gasteiger partial charge >= 0.3 is 12.2 Å². The monoisotopic (exact) mass is 492 g/mol. The normalized spacial score (nSPS) is 23.0. The Morgan fingerprint density at radius 1 is 1.08 bits per heavy atom. The van der Waals surface area contributed by atoms with Crippen LogP contribution in [0.1, 0.15) is 76.0 Å². The zero-order chi connectivity index (χ0) is 25.5. The summed E-state index contributed by atoms with van der Waals surface area (Å²) < 4.78 is 11.4. The molecule has 6 heteroatoms. The molecule has 2 aromatic rings. The average Bonchev–Trinajstić information content (AvgIpc) is 2.88. The van der Waals surface area contributed by atoms with E-state index in [9.17, 15) is 9.59 Å². The fourth-order valence-corrected chi connectivity index (χ4v) is 6.03. The topological polar surface area (TPSA) is 67.9 Å². The maximum absolute atomic E-state index is 12.9. The second kappa shape index (κ2) is 11.8. The maximum Gasteiger partial charge on any atom is 0.415 e. The Balaban J connectivity index is 1.56. The first-order valence-corrected chi connectivity index (χ1v) is 13.5. The Labute approximate surface area is 215 Å². The van der Waals surface area contributed by atoms with E-state index in [2.05, 4.69) is 25.2 Å². The van der Waals surface area contributed by atoms with Crippen LogP contribution in [-0.2, 0) is 23.2 Å². The predicted octanol–water partition coefficient (Wildman–Crippen LogP) is 6.61. The van der Waals surface area contributed by atoms with Gasteiger partial charge in [0.2, 0.25) is 0 Å². The van der Waals surface area contributed by atoms with Crippen molar-refractivity contribution in [3.8, 4) is 5.75 Å². The van der Waals surface area contributed by atoms with Crippen molar-refractivity contribution in [3.05, 3.63) is 65.2 Å². The highest BCUT2D eigenvalue weighted by atomic mass is 16.6. The third-order valence-electron chi connectivity index (χ3n) is 7.93. The Bertz CT molecular complexity index is 1040. The van der Waals surface area contributed by atoms with Crippen LogP contribution in [0.15, 0.2) is 48.5 Å². The van der Waals surface area contributed by atoms with E-state index in [0.29, 0.717) is 24.8 Å². The molecular formula is C30H40N2O4. The van der Waals surface area contributed by atoms with Gasteiger partial charge in [0.25, 0.3) is 0 Å². The number of hydrogen-bond donors (Lipinski definition) is 1. The predicted molar refractivity (Wildman–Crippen MR) is 141 cm³/mol. The van der Waals surface area contributed by atoms with Gasteiger partial charge in [-0.1, -0.05) is 69.5 Å². The van der Waals surface area contributed by atoms with Crippen molar-refractivity contribution < 1.29 is 19.1 Å². The molecule has 1 saturated carbocycles. The summed E-state index contributed by atoms with van der Waals surface area (Å²) in [4.78, 5) is 27.4. The molecule has 2 bridgehead atoms. The number of hydrogen-bond acceptors (Lipinski definition) is 4. The van der Waals surface area contributed by atoms with Gasteiger partial charge in [0.15, 0.2) is 0 Å². The number of carbonyl (C=O) groups is 2. The molecule has 0 spiro atoms. The Morgan fingerprint density at radius 2 is 1.89 bits per heavy atom. The average molecular weight is 493 g/mol. The lowest BCUT2D eigenvalue weighted by molar-refractivity contribution is 0.110. The van der Waals surface area contributed by atoms with Crippen molar-refractivity contribution in [1.82, 2.24) is 10.2 Å². The van der Waals surface area contributed by atoms with E-state index in [-0.39, 0.29) is 30.3 Å². The van der Waals surface area contributed by atoms with Crippen LogP contribution < -0.4 is 10.1 Å². The van der Waals surface area contributed by atoms with Gasteiger partial charge in [0.1, 0.15) is 12.4 Å². The molecule has 0 unspecified atom stereocenters. The zero-order valence-electron chi connectivity index (χ0n) is 21.9. The van der Waals surface area contributed by atoms with Crippen molar-refractivity contribution >= 4 is 12.2 Å². The van der Waals surface area contributed by atoms with Crippen molar-refractivity contribution in [3.63, 3.8) is 0 Å².